The lowest BCUT2D eigenvalue weighted by molar-refractivity contribution is 0.201. The van der Waals surface area contributed by atoms with Crippen LogP contribution in [0.4, 0.5) is 8.78 Å². The Kier molecular flexibility index (Phi) is 8.03. The topological polar surface area (TPSA) is 116 Å². The number of ether oxygens (including phenoxy) is 1. The number of aromatic hydroxyl groups is 1. The predicted molar refractivity (Wildman–Crippen MR) is 154 cm³/mol. The van der Waals surface area contributed by atoms with Crippen LogP contribution >= 0.6 is 22.6 Å². The number of nitrogens with zero attached hydrogens (tertiary/aromatic N) is 2. The van der Waals surface area contributed by atoms with Crippen LogP contribution in [0.3, 0.4) is 0 Å². The molecule has 4 N–H and O–H groups in total. The summed E-state index contributed by atoms with van der Waals surface area (Å²) >= 11 is 1.84. The molecule has 0 spiro atoms. The summed E-state index contributed by atoms with van der Waals surface area (Å²) < 4.78 is 36.5. The molecule has 11 heteroatoms. The van der Waals surface area contributed by atoms with E-state index in [1.807, 2.05) is 59.8 Å². The molecule has 3 aromatic carbocycles. The molecule has 0 bridgehead atoms. The Bertz CT molecular complexity index is 1660. The fourth-order valence-electron chi connectivity index (χ4n) is 4.72. The van der Waals surface area contributed by atoms with Gasteiger partial charge in [-0.1, -0.05) is 37.3 Å². The summed E-state index contributed by atoms with van der Waals surface area (Å²) in [5, 5.41) is 20.3. The van der Waals surface area contributed by atoms with Crippen molar-refractivity contribution in [2.24, 2.45) is 0 Å². The summed E-state index contributed by atoms with van der Waals surface area (Å²) in [5.74, 6) is -1.46. The van der Waals surface area contributed by atoms with Crippen molar-refractivity contribution in [1.29, 1.82) is 0 Å². The van der Waals surface area contributed by atoms with Crippen molar-refractivity contribution in [3.05, 3.63) is 110 Å². The molecule has 2 heterocycles. The van der Waals surface area contributed by atoms with E-state index in [-0.39, 0.29) is 41.9 Å². The van der Waals surface area contributed by atoms with Gasteiger partial charge in [0.1, 0.15) is 41.6 Å². The second-order valence-corrected chi connectivity index (χ2v) is 10.4. The van der Waals surface area contributed by atoms with Crippen LogP contribution in [0.25, 0.3) is 22.5 Å². The van der Waals surface area contributed by atoms with Crippen molar-refractivity contribution in [2.45, 2.75) is 18.9 Å². The number of nitrogens with one attached hydrogen (secondary N) is 2. The fourth-order valence-corrected chi connectivity index (χ4v) is 5.26. The number of halogens is 3. The molecule has 0 aliphatic heterocycles. The first-order valence-corrected chi connectivity index (χ1v) is 13.5. The highest BCUT2D eigenvalue weighted by Crippen LogP contribution is 2.38. The van der Waals surface area contributed by atoms with Crippen LogP contribution in [0.15, 0.2) is 77.7 Å². The summed E-state index contributed by atoms with van der Waals surface area (Å²) in [6.07, 6.45) is 1.31. The van der Waals surface area contributed by atoms with E-state index in [4.69, 9.17) is 9.84 Å². The van der Waals surface area contributed by atoms with Gasteiger partial charge in [-0.05, 0) is 64.6 Å². The molecule has 0 aliphatic carbocycles. The van der Waals surface area contributed by atoms with E-state index in [1.165, 1.54) is 22.9 Å². The Morgan fingerprint density at radius 3 is 2.38 bits per heavy atom. The molecule has 0 unspecified atom stereocenters. The van der Waals surface area contributed by atoms with Crippen molar-refractivity contribution < 1.29 is 23.7 Å². The van der Waals surface area contributed by atoms with E-state index >= 15 is 0 Å². The average molecular weight is 658 g/mol. The highest BCUT2D eigenvalue weighted by atomic mass is 127. The van der Waals surface area contributed by atoms with Gasteiger partial charge in [0.15, 0.2) is 0 Å². The lowest BCUT2D eigenvalue weighted by Gasteiger charge is -2.24. The van der Waals surface area contributed by atoms with E-state index in [9.17, 15) is 18.7 Å². The Morgan fingerprint density at radius 1 is 1.05 bits per heavy atom. The first kappa shape index (κ1) is 27.6. The Morgan fingerprint density at radius 2 is 1.73 bits per heavy atom. The normalized spacial score (nSPS) is 12.8. The molecule has 8 nitrogen and oxygen atoms in total. The maximum atomic E-state index is 14.8. The minimum absolute atomic E-state index is 0.105. The number of hydrogen-bond donors (Lipinski definition) is 4. The number of aliphatic hydroxyl groups excluding tert-OH is 1. The Balaban J connectivity index is 1.61. The van der Waals surface area contributed by atoms with Gasteiger partial charge < -0.3 is 24.9 Å². The van der Waals surface area contributed by atoms with Crippen molar-refractivity contribution in [2.75, 3.05) is 13.2 Å². The van der Waals surface area contributed by atoms with Crippen LogP contribution < -0.4 is 10.4 Å². The fraction of sp³-hybridized carbons (Fsp3) is 0.172. The number of benzene rings is 3. The van der Waals surface area contributed by atoms with Crippen molar-refractivity contribution in [3.63, 3.8) is 0 Å². The summed E-state index contributed by atoms with van der Waals surface area (Å²) in [7, 11) is 0. The van der Waals surface area contributed by atoms with Crippen molar-refractivity contribution >= 4 is 22.6 Å². The monoisotopic (exact) mass is 658 g/mol. The molecular weight excluding hydrogens is 633 g/mol. The number of aromatic nitrogens is 4. The molecule has 0 saturated carbocycles. The number of H-pyrrole nitrogens is 2. The number of aliphatic hydroxyl groups is 1. The van der Waals surface area contributed by atoms with E-state index in [2.05, 4.69) is 15.0 Å². The zero-order chi connectivity index (χ0) is 28.4. The van der Waals surface area contributed by atoms with E-state index < -0.39 is 29.3 Å². The predicted octanol–water partition coefficient (Wildman–Crippen LogP) is 5.59. The number of rotatable bonds is 9. The second-order valence-electron chi connectivity index (χ2n) is 9.17. The van der Waals surface area contributed by atoms with Crippen molar-refractivity contribution in [3.8, 4) is 34.1 Å². The SMILES string of the molecule is C[C@@H](c1ccccc1)[C@@H](c1ncc(-c2c(F)cc(I)cc2F)[nH]1)n1c(O)c(-c2ccc(OCCO)cc2)[nH]c1=O. The first-order chi connectivity index (χ1) is 19.3. The van der Waals surface area contributed by atoms with Crippen LogP contribution in [-0.4, -0.2) is 42.9 Å². The zero-order valence-corrected chi connectivity index (χ0v) is 23.4. The average Bonchev–Trinajstić information content (AvgIpc) is 3.53. The van der Waals surface area contributed by atoms with Crippen LogP contribution in [0.5, 0.6) is 11.6 Å². The minimum Gasteiger partial charge on any atom is -0.493 e. The van der Waals surface area contributed by atoms with E-state index in [1.54, 1.807) is 24.3 Å². The summed E-state index contributed by atoms with van der Waals surface area (Å²) in [6.45, 7) is 1.88. The van der Waals surface area contributed by atoms with Gasteiger partial charge in [-0.25, -0.2) is 18.6 Å². The molecule has 2 aromatic heterocycles. The van der Waals surface area contributed by atoms with Crippen molar-refractivity contribution in [1.82, 2.24) is 19.5 Å². The molecule has 0 amide bonds. The molecule has 40 heavy (non-hydrogen) atoms. The van der Waals surface area contributed by atoms with Gasteiger partial charge in [0.2, 0.25) is 5.88 Å². The highest BCUT2D eigenvalue weighted by molar-refractivity contribution is 14.1. The third kappa shape index (κ3) is 5.39. The number of imidazole rings is 2. The third-order valence-electron chi connectivity index (χ3n) is 6.63. The van der Waals surface area contributed by atoms with Gasteiger partial charge in [-0.15, -0.1) is 0 Å². The van der Waals surface area contributed by atoms with Gasteiger partial charge in [-0.2, -0.15) is 0 Å². The standard InChI is InChI=1S/C29H25F2IN4O4/c1-16(17-5-3-2-4-6-17)26(27-33-15-23(34-27)24-21(30)13-19(32)14-22(24)31)36-28(38)25(35-29(36)39)18-7-9-20(10-8-18)40-12-11-37/h2-10,13-16,26,37-38H,11-12H2,1H3,(H,33,34)(H,35,39)/t16-,26-/m0/s1. The van der Waals surface area contributed by atoms with Crippen LogP contribution in [0, 0.1) is 15.2 Å². The van der Waals surface area contributed by atoms with E-state index in [0.29, 0.717) is 14.9 Å². The van der Waals surface area contributed by atoms with Gasteiger partial charge in [-0.3, -0.25) is 4.57 Å². The molecule has 5 rings (SSSR count). The third-order valence-corrected chi connectivity index (χ3v) is 7.26. The quantitative estimate of drug-likeness (QED) is 0.154. The molecule has 206 valence electrons. The van der Waals surface area contributed by atoms with Gasteiger partial charge >= 0.3 is 5.69 Å². The summed E-state index contributed by atoms with van der Waals surface area (Å²) in [5.41, 5.74) is 0.819. The van der Waals surface area contributed by atoms with Gasteiger partial charge in [0, 0.05) is 15.1 Å². The maximum Gasteiger partial charge on any atom is 0.329 e. The minimum atomic E-state index is -0.865. The Labute approximate surface area is 241 Å². The maximum absolute atomic E-state index is 14.8. The van der Waals surface area contributed by atoms with Gasteiger partial charge in [0.25, 0.3) is 0 Å². The molecule has 2 atom stereocenters. The summed E-state index contributed by atoms with van der Waals surface area (Å²) in [6, 6.07) is 17.6. The number of aromatic amines is 2. The smallest absolute Gasteiger partial charge is 0.329 e. The lowest BCUT2D eigenvalue weighted by Crippen LogP contribution is -2.27. The second kappa shape index (κ2) is 11.6. The van der Waals surface area contributed by atoms with Crippen LogP contribution in [-0.2, 0) is 0 Å². The molecule has 0 aliphatic rings. The van der Waals surface area contributed by atoms with Gasteiger partial charge in [0.05, 0.1) is 24.1 Å². The zero-order valence-electron chi connectivity index (χ0n) is 21.2. The van der Waals surface area contributed by atoms with E-state index in [0.717, 1.165) is 5.56 Å². The first-order valence-electron chi connectivity index (χ1n) is 12.4. The highest BCUT2D eigenvalue weighted by Gasteiger charge is 2.31. The Hall–Kier alpha value is -3.97. The number of hydrogen-bond acceptors (Lipinski definition) is 5. The summed E-state index contributed by atoms with van der Waals surface area (Å²) in [4.78, 5) is 23.5. The molecule has 0 saturated heterocycles. The largest absolute Gasteiger partial charge is 0.493 e. The molecule has 0 fully saturated rings. The van der Waals surface area contributed by atoms with Crippen LogP contribution in [0.1, 0.15) is 30.3 Å². The molecule has 0 radical (unpaired) electrons. The molecule has 5 aromatic rings. The van der Waals surface area contributed by atoms with Crippen LogP contribution in [0.2, 0.25) is 0 Å². The molecular formula is C29H25F2IN4O4. The lowest BCUT2D eigenvalue weighted by atomic mass is 9.92.